The second kappa shape index (κ2) is 3.50. The SMILES string of the molecule is Cn1nccc1-c1c(N)nnn1CC1CC1(F)F. The molecule has 0 amide bonds. The molecule has 0 bridgehead atoms. The van der Waals surface area contributed by atoms with E-state index in [1.54, 1.807) is 24.0 Å². The summed E-state index contributed by atoms with van der Waals surface area (Å²) in [6.07, 6.45) is 1.51. The van der Waals surface area contributed by atoms with E-state index in [1.807, 2.05) is 0 Å². The van der Waals surface area contributed by atoms with Gasteiger partial charge in [-0.25, -0.2) is 13.5 Å². The Bertz CT molecular complexity index is 587. The third-order valence-electron chi connectivity index (χ3n) is 3.17. The van der Waals surface area contributed by atoms with Crippen LogP contribution in [0.25, 0.3) is 11.4 Å². The quantitative estimate of drug-likeness (QED) is 0.883. The van der Waals surface area contributed by atoms with Crippen molar-refractivity contribution in [1.82, 2.24) is 24.8 Å². The predicted octanol–water partition coefficient (Wildman–Crippen LogP) is 0.916. The lowest BCUT2D eigenvalue weighted by atomic mass is 10.3. The van der Waals surface area contributed by atoms with Crippen molar-refractivity contribution >= 4 is 5.82 Å². The molecule has 0 spiro atoms. The zero-order valence-electron chi connectivity index (χ0n) is 9.72. The van der Waals surface area contributed by atoms with Crippen LogP contribution in [0.15, 0.2) is 12.3 Å². The minimum atomic E-state index is -2.58. The van der Waals surface area contributed by atoms with Gasteiger partial charge in [0.25, 0.3) is 5.92 Å². The Hall–Kier alpha value is -1.99. The number of anilines is 1. The number of nitrogens with zero attached hydrogens (tertiary/aromatic N) is 5. The minimum Gasteiger partial charge on any atom is -0.380 e. The average Bonchev–Trinajstić information content (AvgIpc) is 2.65. The van der Waals surface area contributed by atoms with Gasteiger partial charge in [-0.2, -0.15) is 5.10 Å². The Morgan fingerprint density at radius 2 is 2.28 bits per heavy atom. The van der Waals surface area contributed by atoms with Gasteiger partial charge in [-0.3, -0.25) is 4.68 Å². The number of rotatable bonds is 3. The fourth-order valence-electron chi connectivity index (χ4n) is 2.00. The molecule has 1 fully saturated rings. The van der Waals surface area contributed by atoms with Gasteiger partial charge in [-0.05, 0) is 6.07 Å². The lowest BCUT2D eigenvalue weighted by Gasteiger charge is -2.06. The summed E-state index contributed by atoms with van der Waals surface area (Å²) in [7, 11) is 1.75. The molecule has 1 unspecified atom stereocenters. The van der Waals surface area contributed by atoms with Gasteiger partial charge < -0.3 is 5.73 Å². The normalized spacial score (nSPS) is 21.2. The van der Waals surface area contributed by atoms with Gasteiger partial charge in [0.2, 0.25) is 0 Å². The maximum atomic E-state index is 12.9. The summed E-state index contributed by atoms with van der Waals surface area (Å²) in [5.74, 6) is -3.03. The molecule has 2 aromatic rings. The van der Waals surface area contributed by atoms with Crippen LogP contribution in [0.4, 0.5) is 14.6 Å². The summed E-state index contributed by atoms with van der Waals surface area (Å²) >= 11 is 0. The monoisotopic (exact) mass is 254 g/mol. The Kier molecular flexibility index (Phi) is 2.16. The highest BCUT2D eigenvalue weighted by Crippen LogP contribution is 2.49. The van der Waals surface area contributed by atoms with Crippen LogP contribution < -0.4 is 5.73 Å². The van der Waals surface area contributed by atoms with Crippen molar-refractivity contribution in [3.05, 3.63) is 12.3 Å². The zero-order valence-corrected chi connectivity index (χ0v) is 9.72. The van der Waals surface area contributed by atoms with E-state index in [-0.39, 0.29) is 18.8 Å². The predicted molar refractivity (Wildman–Crippen MR) is 59.7 cm³/mol. The standard InChI is InChI=1S/C10H12F2N6/c1-17-7(2-3-14-17)8-9(13)15-16-18(8)5-6-4-10(6,11)12/h2-3,6H,4-5,13H2,1H3. The number of hydrogen-bond acceptors (Lipinski definition) is 4. The number of halogens is 2. The summed E-state index contributed by atoms with van der Waals surface area (Å²) < 4.78 is 28.9. The van der Waals surface area contributed by atoms with Gasteiger partial charge in [-0.15, -0.1) is 5.10 Å². The van der Waals surface area contributed by atoms with E-state index >= 15 is 0 Å². The first-order chi connectivity index (χ1) is 8.49. The van der Waals surface area contributed by atoms with Crippen LogP contribution in [0.5, 0.6) is 0 Å². The third kappa shape index (κ3) is 1.64. The first-order valence-corrected chi connectivity index (χ1v) is 5.54. The molecule has 1 aliphatic rings. The first-order valence-electron chi connectivity index (χ1n) is 5.54. The summed E-state index contributed by atoms with van der Waals surface area (Å²) in [6.45, 7) is 0.123. The van der Waals surface area contributed by atoms with E-state index in [9.17, 15) is 8.78 Å². The number of aromatic nitrogens is 5. The molecular weight excluding hydrogens is 242 g/mol. The molecule has 1 saturated carbocycles. The maximum absolute atomic E-state index is 12.9. The molecule has 1 atom stereocenters. The number of alkyl halides is 2. The molecule has 0 aliphatic heterocycles. The van der Waals surface area contributed by atoms with Crippen molar-refractivity contribution in [2.45, 2.75) is 18.9 Å². The van der Waals surface area contributed by atoms with E-state index in [2.05, 4.69) is 15.4 Å². The number of hydrogen-bond donors (Lipinski definition) is 1. The second-order valence-corrected chi connectivity index (χ2v) is 4.51. The van der Waals surface area contributed by atoms with E-state index in [0.29, 0.717) is 11.4 Å². The first kappa shape index (κ1) is 11.1. The van der Waals surface area contributed by atoms with Crippen molar-refractivity contribution in [3.63, 3.8) is 0 Å². The molecule has 8 heteroatoms. The van der Waals surface area contributed by atoms with Gasteiger partial charge in [-0.1, -0.05) is 5.21 Å². The fraction of sp³-hybridized carbons (Fsp3) is 0.500. The van der Waals surface area contributed by atoms with Crippen molar-refractivity contribution < 1.29 is 8.78 Å². The smallest absolute Gasteiger partial charge is 0.253 e. The van der Waals surface area contributed by atoms with Crippen molar-refractivity contribution in [3.8, 4) is 11.4 Å². The molecule has 3 rings (SSSR count). The van der Waals surface area contributed by atoms with E-state index < -0.39 is 11.8 Å². The summed E-state index contributed by atoms with van der Waals surface area (Å²) in [5, 5.41) is 11.6. The Morgan fingerprint density at radius 1 is 1.56 bits per heavy atom. The number of nitrogens with two attached hydrogens (primary N) is 1. The van der Waals surface area contributed by atoms with Crippen molar-refractivity contribution in [2.75, 3.05) is 5.73 Å². The number of nitrogen functional groups attached to an aromatic ring is 1. The van der Waals surface area contributed by atoms with Gasteiger partial charge >= 0.3 is 0 Å². The fourth-order valence-corrected chi connectivity index (χ4v) is 2.00. The molecule has 0 radical (unpaired) electrons. The average molecular weight is 254 g/mol. The maximum Gasteiger partial charge on any atom is 0.253 e. The summed E-state index contributed by atoms with van der Waals surface area (Å²) in [4.78, 5) is 0. The zero-order chi connectivity index (χ0) is 12.9. The Morgan fingerprint density at radius 3 is 2.83 bits per heavy atom. The summed E-state index contributed by atoms with van der Waals surface area (Å²) in [5.41, 5.74) is 6.99. The molecule has 0 saturated heterocycles. The molecule has 1 aliphatic carbocycles. The van der Waals surface area contributed by atoms with Gasteiger partial charge in [0.05, 0.1) is 12.2 Å². The van der Waals surface area contributed by atoms with Crippen LogP contribution in [-0.2, 0) is 13.6 Å². The van der Waals surface area contributed by atoms with E-state index in [4.69, 9.17) is 5.73 Å². The highest BCUT2D eigenvalue weighted by Gasteiger charge is 2.57. The molecule has 2 heterocycles. The van der Waals surface area contributed by atoms with Gasteiger partial charge in [0, 0.05) is 25.6 Å². The van der Waals surface area contributed by atoms with Crippen LogP contribution in [0, 0.1) is 5.92 Å². The largest absolute Gasteiger partial charge is 0.380 e. The van der Waals surface area contributed by atoms with Gasteiger partial charge in [0.15, 0.2) is 5.82 Å². The summed E-state index contributed by atoms with van der Waals surface area (Å²) in [6, 6.07) is 1.75. The minimum absolute atomic E-state index is 0.0996. The van der Waals surface area contributed by atoms with Crippen molar-refractivity contribution in [1.29, 1.82) is 0 Å². The van der Waals surface area contributed by atoms with Gasteiger partial charge in [0.1, 0.15) is 5.69 Å². The Labute approximate surface area is 101 Å². The second-order valence-electron chi connectivity index (χ2n) is 4.51. The molecule has 0 aromatic carbocycles. The number of aryl methyl sites for hydroxylation is 1. The molecule has 2 N–H and O–H groups in total. The van der Waals surface area contributed by atoms with Crippen LogP contribution >= 0.6 is 0 Å². The lowest BCUT2D eigenvalue weighted by Crippen LogP contribution is -2.10. The highest BCUT2D eigenvalue weighted by molar-refractivity contribution is 5.66. The van der Waals surface area contributed by atoms with Crippen LogP contribution in [0.3, 0.4) is 0 Å². The Balaban J connectivity index is 1.95. The lowest BCUT2D eigenvalue weighted by molar-refractivity contribution is 0.0942. The van der Waals surface area contributed by atoms with Crippen LogP contribution in [0.1, 0.15) is 6.42 Å². The van der Waals surface area contributed by atoms with E-state index in [1.165, 1.54) is 4.68 Å². The molecular formula is C10H12F2N6. The highest BCUT2D eigenvalue weighted by atomic mass is 19.3. The van der Waals surface area contributed by atoms with Crippen molar-refractivity contribution in [2.24, 2.45) is 13.0 Å². The molecule has 96 valence electrons. The third-order valence-corrected chi connectivity index (χ3v) is 3.17. The molecule has 18 heavy (non-hydrogen) atoms. The van der Waals surface area contributed by atoms with Crippen LogP contribution in [0.2, 0.25) is 0 Å². The molecule has 2 aromatic heterocycles. The van der Waals surface area contributed by atoms with E-state index in [0.717, 1.165) is 0 Å². The van der Waals surface area contributed by atoms with Crippen LogP contribution in [-0.4, -0.2) is 30.7 Å². The molecule has 6 nitrogen and oxygen atoms in total. The topological polar surface area (TPSA) is 74.6 Å².